The van der Waals surface area contributed by atoms with Crippen molar-refractivity contribution in [2.75, 3.05) is 60.0 Å². The molecule has 0 radical (unpaired) electrons. The second kappa shape index (κ2) is 12.2. The summed E-state index contributed by atoms with van der Waals surface area (Å²) in [6.45, 7) is 3.59. The number of nitrogens with zero attached hydrogens (tertiary/aromatic N) is 3. The summed E-state index contributed by atoms with van der Waals surface area (Å²) in [5.41, 5.74) is 0.400. The highest BCUT2D eigenvalue weighted by Crippen LogP contribution is 2.23. The van der Waals surface area contributed by atoms with Gasteiger partial charge >= 0.3 is 0 Å². The van der Waals surface area contributed by atoms with E-state index in [0.717, 1.165) is 6.07 Å². The Bertz CT molecular complexity index is 1060. The summed E-state index contributed by atoms with van der Waals surface area (Å²) in [6.07, 6.45) is 0. The van der Waals surface area contributed by atoms with Crippen LogP contribution in [-0.2, 0) is 11.3 Å². The first-order chi connectivity index (χ1) is 16.7. The van der Waals surface area contributed by atoms with E-state index in [0.29, 0.717) is 44.3 Å². The second-order valence-electron chi connectivity index (χ2n) is 8.43. The van der Waals surface area contributed by atoms with Gasteiger partial charge < -0.3 is 15.0 Å². The van der Waals surface area contributed by atoms with Crippen LogP contribution in [0.2, 0.25) is 5.02 Å². The van der Waals surface area contributed by atoms with Crippen molar-refractivity contribution in [1.29, 1.82) is 0 Å². The van der Waals surface area contributed by atoms with Gasteiger partial charge in [0, 0.05) is 70.5 Å². The third kappa shape index (κ3) is 7.33. The predicted molar refractivity (Wildman–Crippen MR) is 126 cm³/mol. The van der Waals surface area contributed by atoms with E-state index in [2.05, 4.69) is 10.2 Å². The molecule has 3 rings (SSSR count). The number of hydrogen-bond acceptors (Lipinski definition) is 5. The number of amides is 2. The largest absolute Gasteiger partial charge is 0.483 e. The summed E-state index contributed by atoms with van der Waals surface area (Å²) in [7, 11) is 3.22. The van der Waals surface area contributed by atoms with Crippen molar-refractivity contribution in [3.8, 4) is 5.75 Å². The Labute approximate surface area is 207 Å². The van der Waals surface area contributed by atoms with Crippen LogP contribution in [0, 0.1) is 17.5 Å². The molecule has 2 amide bonds. The minimum absolute atomic E-state index is 0.123. The molecule has 2 aromatic carbocycles. The summed E-state index contributed by atoms with van der Waals surface area (Å²) >= 11 is 6.02. The molecule has 1 heterocycles. The molecule has 1 N–H and O–H groups in total. The highest BCUT2D eigenvalue weighted by atomic mass is 35.5. The van der Waals surface area contributed by atoms with Gasteiger partial charge in [-0.25, -0.2) is 13.2 Å². The molecule has 7 nitrogen and oxygen atoms in total. The van der Waals surface area contributed by atoms with Crippen molar-refractivity contribution in [2.24, 2.45) is 0 Å². The van der Waals surface area contributed by atoms with E-state index < -0.39 is 17.5 Å². The first-order valence-corrected chi connectivity index (χ1v) is 11.5. The van der Waals surface area contributed by atoms with Crippen LogP contribution in [0.4, 0.5) is 13.2 Å². The number of rotatable bonds is 9. The smallest absolute Gasteiger partial charge is 0.259 e. The predicted octanol–water partition coefficient (Wildman–Crippen LogP) is 2.77. The molecule has 0 bridgehead atoms. The number of piperazine rings is 1. The first kappa shape index (κ1) is 26.8. The molecule has 1 saturated heterocycles. The number of nitrogens with one attached hydrogen (secondary N) is 1. The molecule has 1 aliphatic rings. The topological polar surface area (TPSA) is 65.1 Å². The van der Waals surface area contributed by atoms with Crippen molar-refractivity contribution >= 4 is 23.4 Å². The van der Waals surface area contributed by atoms with Crippen molar-refractivity contribution < 1.29 is 27.5 Å². The average Bonchev–Trinajstić information content (AvgIpc) is 2.83. The molecule has 11 heteroatoms. The van der Waals surface area contributed by atoms with E-state index in [4.69, 9.17) is 16.3 Å². The summed E-state index contributed by atoms with van der Waals surface area (Å²) in [5, 5.41) is 3.23. The first-order valence-electron chi connectivity index (χ1n) is 11.1. The van der Waals surface area contributed by atoms with Crippen molar-refractivity contribution in [2.45, 2.75) is 6.54 Å². The normalized spacial score (nSPS) is 14.6. The number of carbonyl (C=O) groups excluding carboxylic acids is 2. The van der Waals surface area contributed by atoms with Crippen LogP contribution in [0.3, 0.4) is 0 Å². The maximum Gasteiger partial charge on any atom is 0.259 e. The van der Waals surface area contributed by atoms with Crippen LogP contribution < -0.4 is 10.1 Å². The van der Waals surface area contributed by atoms with Gasteiger partial charge in [-0.2, -0.15) is 0 Å². The molecule has 0 unspecified atom stereocenters. The van der Waals surface area contributed by atoms with Crippen LogP contribution in [0.5, 0.6) is 5.75 Å². The van der Waals surface area contributed by atoms with Gasteiger partial charge in [0.05, 0.1) is 5.56 Å². The highest BCUT2D eigenvalue weighted by molar-refractivity contribution is 6.30. The zero-order valence-corrected chi connectivity index (χ0v) is 20.4. The molecule has 2 aromatic rings. The maximum absolute atomic E-state index is 13.9. The van der Waals surface area contributed by atoms with Crippen LogP contribution >= 0.6 is 11.6 Å². The van der Waals surface area contributed by atoms with Crippen molar-refractivity contribution in [3.63, 3.8) is 0 Å². The van der Waals surface area contributed by atoms with Gasteiger partial charge in [-0.1, -0.05) is 17.7 Å². The lowest BCUT2D eigenvalue weighted by Crippen LogP contribution is -2.48. The van der Waals surface area contributed by atoms with Crippen LogP contribution in [0.15, 0.2) is 30.3 Å². The molecule has 0 spiro atoms. The van der Waals surface area contributed by atoms with Gasteiger partial charge in [0.2, 0.25) is 0 Å². The summed E-state index contributed by atoms with van der Waals surface area (Å²) < 4.78 is 46.0. The van der Waals surface area contributed by atoms with Crippen molar-refractivity contribution in [1.82, 2.24) is 20.0 Å². The van der Waals surface area contributed by atoms with Crippen molar-refractivity contribution in [3.05, 3.63) is 63.9 Å². The summed E-state index contributed by atoms with van der Waals surface area (Å²) in [4.78, 5) is 30.0. The second-order valence-corrected chi connectivity index (χ2v) is 8.86. The molecule has 35 heavy (non-hydrogen) atoms. The Morgan fingerprint density at radius 1 is 1.03 bits per heavy atom. The number of halogens is 4. The lowest BCUT2D eigenvalue weighted by atomic mass is 10.1. The average molecular weight is 513 g/mol. The quantitative estimate of drug-likeness (QED) is 0.524. The molecule has 190 valence electrons. The van der Waals surface area contributed by atoms with Gasteiger partial charge in [0.1, 0.15) is 5.75 Å². The molecule has 1 fully saturated rings. The van der Waals surface area contributed by atoms with E-state index in [1.54, 1.807) is 26.2 Å². The lowest BCUT2D eigenvalue weighted by Gasteiger charge is -2.34. The number of likely N-dealkylation sites (N-methyl/N-ethyl adjacent to an activating group) is 1. The van der Waals surface area contributed by atoms with Gasteiger partial charge in [0.15, 0.2) is 24.1 Å². The molecule has 1 aliphatic heterocycles. The fourth-order valence-corrected chi connectivity index (χ4v) is 3.76. The van der Waals surface area contributed by atoms with Gasteiger partial charge in [0.25, 0.3) is 11.8 Å². The Hall–Kier alpha value is -2.82. The monoisotopic (exact) mass is 512 g/mol. The lowest BCUT2D eigenvalue weighted by molar-refractivity contribution is -0.130. The fourth-order valence-electron chi connectivity index (χ4n) is 3.59. The standard InChI is InChI=1S/C24H28ClF3N4O3/c1-30(2)21(33)15-35-20-13-17(25)4-5-18(20)24(34)29-7-8-31-9-11-32(12-10-31)14-16-3-6-19(26)23(28)22(16)27/h3-6,13H,7-12,14-15H2,1-2H3,(H,29,34). The molecule has 0 aromatic heterocycles. The minimum atomic E-state index is -1.45. The maximum atomic E-state index is 13.9. The SMILES string of the molecule is CN(C)C(=O)COc1cc(Cl)ccc1C(=O)NCCN1CCN(Cc2ccc(F)c(F)c2F)CC1. The Morgan fingerprint density at radius 2 is 1.71 bits per heavy atom. The molecule has 0 saturated carbocycles. The summed E-state index contributed by atoms with van der Waals surface area (Å²) in [6, 6.07) is 6.81. The van der Waals surface area contributed by atoms with E-state index >= 15 is 0 Å². The van der Waals surface area contributed by atoms with Gasteiger partial charge in [-0.3, -0.25) is 19.4 Å². The van der Waals surface area contributed by atoms with Gasteiger partial charge in [-0.05, 0) is 24.3 Å². The Balaban J connectivity index is 1.45. The van der Waals surface area contributed by atoms with E-state index in [9.17, 15) is 22.8 Å². The van der Waals surface area contributed by atoms with E-state index in [1.807, 2.05) is 4.90 Å². The van der Waals surface area contributed by atoms with E-state index in [-0.39, 0.29) is 41.8 Å². The Morgan fingerprint density at radius 3 is 2.40 bits per heavy atom. The fraction of sp³-hybridized carbons (Fsp3) is 0.417. The van der Waals surface area contributed by atoms with Gasteiger partial charge in [-0.15, -0.1) is 0 Å². The number of ether oxygens (including phenoxy) is 1. The highest BCUT2D eigenvalue weighted by Gasteiger charge is 2.21. The zero-order chi connectivity index (χ0) is 25.5. The third-order valence-electron chi connectivity index (χ3n) is 5.73. The third-order valence-corrected chi connectivity index (χ3v) is 5.96. The molecular weight excluding hydrogens is 485 g/mol. The van der Waals surface area contributed by atoms with Crippen LogP contribution in [-0.4, -0.2) is 86.5 Å². The number of benzene rings is 2. The minimum Gasteiger partial charge on any atom is -0.483 e. The molecule has 0 atom stereocenters. The number of carbonyl (C=O) groups is 2. The molecular formula is C24H28ClF3N4O3. The molecule has 0 aliphatic carbocycles. The Kier molecular flexibility index (Phi) is 9.36. The zero-order valence-electron chi connectivity index (χ0n) is 19.6. The van der Waals surface area contributed by atoms with Crippen LogP contribution in [0.25, 0.3) is 0 Å². The van der Waals surface area contributed by atoms with Crippen LogP contribution in [0.1, 0.15) is 15.9 Å². The van der Waals surface area contributed by atoms with E-state index in [1.165, 1.54) is 17.0 Å². The number of hydrogen-bond donors (Lipinski definition) is 1. The summed E-state index contributed by atoms with van der Waals surface area (Å²) in [5.74, 6) is -4.16.